The lowest BCUT2D eigenvalue weighted by Gasteiger charge is -2.16. The van der Waals surface area contributed by atoms with E-state index in [1.54, 1.807) is 24.3 Å². The average molecular weight is 353 g/mol. The quantitative estimate of drug-likeness (QED) is 0.837. The van der Waals surface area contributed by atoms with Crippen LogP contribution in [0.2, 0.25) is 5.02 Å². The van der Waals surface area contributed by atoms with Gasteiger partial charge in [0.05, 0.1) is 6.42 Å². The van der Waals surface area contributed by atoms with Crippen molar-refractivity contribution < 1.29 is 18.4 Å². The molecule has 0 spiro atoms. The zero-order chi connectivity index (χ0) is 17.7. The Morgan fingerprint density at radius 2 is 1.71 bits per heavy atom. The Labute approximate surface area is 142 Å². The lowest BCUT2D eigenvalue weighted by molar-refractivity contribution is -0.127. The molecule has 0 saturated heterocycles. The summed E-state index contributed by atoms with van der Waals surface area (Å²) in [7, 11) is 0. The lowest BCUT2D eigenvalue weighted by Crippen LogP contribution is -2.46. The van der Waals surface area contributed by atoms with Gasteiger partial charge in [0.1, 0.15) is 17.7 Å². The minimum Gasteiger partial charge on any atom is -0.368 e. The number of rotatable bonds is 6. The number of halogens is 3. The lowest BCUT2D eigenvalue weighted by atomic mass is 10.0. The average Bonchev–Trinajstić information content (AvgIpc) is 2.52. The molecule has 7 heteroatoms. The van der Waals surface area contributed by atoms with E-state index in [1.807, 2.05) is 0 Å². The Balaban J connectivity index is 2.09. The topological polar surface area (TPSA) is 72.2 Å². The highest BCUT2D eigenvalue weighted by Crippen LogP contribution is 2.17. The van der Waals surface area contributed by atoms with Gasteiger partial charge < -0.3 is 11.1 Å². The van der Waals surface area contributed by atoms with Crippen LogP contribution in [-0.4, -0.2) is 17.9 Å². The van der Waals surface area contributed by atoms with Crippen molar-refractivity contribution >= 4 is 23.4 Å². The molecule has 1 atom stereocenters. The zero-order valence-corrected chi connectivity index (χ0v) is 13.3. The first-order chi connectivity index (χ1) is 11.4. The van der Waals surface area contributed by atoms with Gasteiger partial charge in [-0.05, 0) is 23.8 Å². The third-order valence-corrected chi connectivity index (χ3v) is 3.83. The summed E-state index contributed by atoms with van der Waals surface area (Å²) in [4.78, 5) is 23.6. The van der Waals surface area contributed by atoms with E-state index in [0.717, 1.165) is 12.1 Å². The maximum atomic E-state index is 13.6. The minimum atomic E-state index is -1.03. The van der Waals surface area contributed by atoms with Crippen LogP contribution in [0.1, 0.15) is 11.1 Å². The summed E-state index contributed by atoms with van der Waals surface area (Å²) in [6.07, 6.45) is -0.453. The van der Waals surface area contributed by atoms with Crippen molar-refractivity contribution in [1.29, 1.82) is 0 Å². The molecule has 0 fully saturated rings. The molecule has 0 aliphatic carbocycles. The van der Waals surface area contributed by atoms with Crippen molar-refractivity contribution in [2.75, 3.05) is 0 Å². The summed E-state index contributed by atoms with van der Waals surface area (Å²) in [6.45, 7) is 0. The van der Waals surface area contributed by atoms with E-state index < -0.39 is 35.9 Å². The molecule has 0 unspecified atom stereocenters. The minimum absolute atomic E-state index is 0.0838. The maximum absolute atomic E-state index is 13.6. The predicted molar refractivity (Wildman–Crippen MR) is 86.3 cm³/mol. The van der Waals surface area contributed by atoms with Crippen molar-refractivity contribution in [3.05, 3.63) is 70.2 Å². The molecule has 2 rings (SSSR count). The molecule has 0 radical (unpaired) electrons. The first kappa shape index (κ1) is 17.9. The first-order valence-corrected chi connectivity index (χ1v) is 7.51. The highest BCUT2D eigenvalue weighted by Gasteiger charge is 2.21. The Bertz CT molecular complexity index is 748. The van der Waals surface area contributed by atoms with Crippen LogP contribution in [0.15, 0.2) is 42.5 Å². The molecular weight excluding hydrogens is 338 g/mol. The summed E-state index contributed by atoms with van der Waals surface area (Å²) in [6, 6.07) is 9.08. The highest BCUT2D eigenvalue weighted by atomic mass is 35.5. The van der Waals surface area contributed by atoms with Crippen LogP contribution in [0.5, 0.6) is 0 Å². The number of benzene rings is 2. The van der Waals surface area contributed by atoms with Crippen LogP contribution in [-0.2, 0) is 22.4 Å². The Morgan fingerprint density at radius 3 is 2.29 bits per heavy atom. The number of amides is 2. The number of nitrogens with two attached hydrogens (primary N) is 1. The molecule has 2 aromatic rings. The summed E-state index contributed by atoms with van der Waals surface area (Å²) in [5, 5.41) is 2.82. The van der Waals surface area contributed by atoms with E-state index in [0.29, 0.717) is 10.6 Å². The van der Waals surface area contributed by atoms with Gasteiger partial charge in [-0.2, -0.15) is 0 Å². The SMILES string of the molecule is NC(=O)[C@@H](Cc1ccccc1Cl)NC(=O)Cc1c(F)cccc1F. The standard InChI is InChI=1S/C17H15ClF2N2O2/c18-12-5-2-1-4-10(12)8-15(17(21)24)22-16(23)9-11-13(19)6-3-7-14(11)20/h1-7,15H,8-9H2,(H2,21,24)(H,22,23)/t15-/m1/s1. The molecular formula is C17H15ClF2N2O2. The molecule has 4 nitrogen and oxygen atoms in total. The van der Waals surface area contributed by atoms with Gasteiger partial charge in [0, 0.05) is 17.0 Å². The number of carbonyl (C=O) groups is 2. The fourth-order valence-electron chi connectivity index (χ4n) is 2.21. The van der Waals surface area contributed by atoms with Crippen LogP contribution in [0.4, 0.5) is 8.78 Å². The van der Waals surface area contributed by atoms with E-state index in [4.69, 9.17) is 17.3 Å². The van der Waals surface area contributed by atoms with Crippen molar-refractivity contribution in [2.45, 2.75) is 18.9 Å². The summed E-state index contributed by atoms with van der Waals surface area (Å²) in [5.74, 6) is -3.13. The summed E-state index contributed by atoms with van der Waals surface area (Å²) < 4.78 is 27.2. The van der Waals surface area contributed by atoms with E-state index in [-0.39, 0.29) is 12.0 Å². The number of carbonyl (C=O) groups excluding carboxylic acids is 2. The first-order valence-electron chi connectivity index (χ1n) is 7.13. The van der Waals surface area contributed by atoms with Gasteiger partial charge in [-0.25, -0.2) is 8.78 Å². The molecule has 126 valence electrons. The summed E-state index contributed by atoms with van der Waals surface area (Å²) in [5.41, 5.74) is 5.55. The molecule has 2 aromatic carbocycles. The number of hydrogen-bond donors (Lipinski definition) is 2. The smallest absolute Gasteiger partial charge is 0.240 e. The summed E-state index contributed by atoms with van der Waals surface area (Å²) >= 11 is 6.02. The van der Waals surface area contributed by atoms with Gasteiger partial charge in [-0.15, -0.1) is 0 Å². The number of nitrogens with one attached hydrogen (secondary N) is 1. The normalized spacial score (nSPS) is 11.8. The monoisotopic (exact) mass is 352 g/mol. The van der Waals surface area contributed by atoms with Gasteiger partial charge in [0.25, 0.3) is 0 Å². The van der Waals surface area contributed by atoms with Crippen LogP contribution < -0.4 is 11.1 Å². The van der Waals surface area contributed by atoms with Crippen molar-refractivity contribution in [1.82, 2.24) is 5.32 Å². The van der Waals surface area contributed by atoms with Gasteiger partial charge in [0.2, 0.25) is 11.8 Å². The predicted octanol–water partition coefficient (Wildman–Crippen LogP) is 2.37. The Morgan fingerprint density at radius 1 is 1.08 bits per heavy atom. The molecule has 0 heterocycles. The van der Waals surface area contributed by atoms with E-state index >= 15 is 0 Å². The fourth-order valence-corrected chi connectivity index (χ4v) is 2.43. The Hall–Kier alpha value is -2.47. The van der Waals surface area contributed by atoms with Crippen LogP contribution in [0, 0.1) is 11.6 Å². The number of primary amides is 1. The molecule has 3 N–H and O–H groups in total. The van der Waals surface area contributed by atoms with Gasteiger partial charge in [0.15, 0.2) is 0 Å². The largest absolute Gasteiger partial charge is 0.368 e. The van der Waals surface area contributed by atoms with Crippen LogP contribution in [0.25, 0.3) is 0 Å². The van der Waals surface area contributed by atoms with Gasteiger partial charge in [-0.1, -0.05) is 35.9 Å². The second-order valence-corrected chi connectivity index (χ2v) is 5.60. The van der Waals surface area contributed by atoms with E-state index in [1.165, 1.54) is 6.07 Å². The molecule has 0 saturated carbocycles. The third-order valence-electron chi connectivity index (χ3n) is 3.46. The molecule has 2 amide bonds. The molecule has 0 bridgehead atoms. The van der Waals surface area contributed by atoms with Crippen molar-refractivity contribution in [3.63, 3.8) is 0 Å². The molecule has 24 heavy (non-hydrogen) atoms. The maximum Gasteiger partial charge on any atom is 0.240 e. The van der Waals surface area contributed by atoms with E-state index in [2.05, 4.69) is 5.32 Å². The fraction of sp³-hybridized carbons (Fsp3) is 0.176. The van der Waals surface area contributed by atoms with Crippen LogP contribution >= 0.6 is 11.6 Å². The zero-order valence-electron chi connectivity index (χ0n) is 12.6. The highest BCUT2D eigenvalue weighted by molar-refractivity contribution is 6.31. The third kappa shape index (κ3) is 4.52. The molecule has 0 aromatic heterocycles. The van der Waals surface area contributed by atoms with Crippen molar-refractivity contribution in [3.8, 4) is 0 Å². The van der Waals surface area contributed by atoms with E-state index in [9.17, 15) is 18.4 Å². The van der Waals surface area contributed by atoms with Gasteiger partial charge in [-0.3, -0.25) is 9.59 Å². The molecule has 0 aliphatic rings. The second kappa shape index (κ2) is 7.88. The van der Waals surface area contributed by atoms with Crippen LogP contribution in [0.3, 0.4) is 0 Å². The molecule has 0 aliphatic heterocycles. The Kier molecular flexibility index (Phi) is 5.87. The van der Waals surface area contributed by atoms with Gasteiger partial charge >= 0.3 is 0 Å². The number of hydrogen-bond acceptors (Lipinski definition) is 2. The second-order valence-electron chi connectivity index (χ2n) is 5.19. The van der Waals surface area contributed by atoms with Crippen molar-refractivity contribution in [2.24, 2.45) is 5.73 Å².